The SMILES string of the molecule is CC(C)(c1ccc(OC(=O)CCCl)cc1F)C(C)(C)c1ccc(OC(=O)CCCl)cc1F. The molecule has 0 saturated heterocycles. The lowest BCUT2D eigenvalue weighted by Crippen LogP contribution is -2.41. The highest BCUT2D eigenvalue weighted by Gasteiger charge is 2.43. The van der Waals surface area contributed by atoms with Gasteiger partial charge in [-0.3, -0.25) is 9.59 Å². The third-order valence-corrected chi connectivity index (χ3v) is 6.23. The summed E-state index contributed by atoms with van der Waals surface area (Å²) in [4.78, 5) is 23.2. The van der Waals surface area contributed by atoms with Crippen molar-refractivity contribution < 1.29 is 27.8 Å². The van der Waals surface area contributed by atoms with E-state index < -0.39 is 34.4 Å². The standard InChI is InChI=1S/C24H26Cl2F2O4/c1-23(2,17-7-5-15(13-19(17)27)31-21(29)9-11-25)24(3,4)18-8-6-16(14-20(18)28)32-22(30)10-12-26/h5-8,13-14H,9-12H2,1-4H3. The second-order valence-electron chi connectivity index (χ2n) is 8.36. The molecule has 2 rings (SSSR count). The van der Waals surface area contributed by atoms with Gasteiger partial charge in [0.05, 0.1) is 12.8 Å². The summed E-state index contributed by atoms with van der Waals surface area (Å²) in [7, 11) is 0. The molecule has 0 N–H and O–H groups in total. The van der Waals surface area contributed by atoms with Crippen molar-refractivity contribution in [1.29, 1.82) is 0 Å². The number of carbonyl (C=O) groups excluding carboxylic acids is 2. The molecule has 8 heteroatoms. The molecule has 0 fully saturated rings. The fourth-order valence-corrected chi connectivity index (χ4v) is 3.63. The van der Waals surface area contributed by atoms with Crippen LogP contribution in [0.15, 0.2) is 36.4 Å². The highest BCUT2D eigenvalue weighted by molar-refractivity contribution is 6.19. The van der Waals surface area contributed by atoms with Gasteiger partial charge in [-0.05, 0) is 23.3 Å². The van der Waals surface area contributed by atoms with E-state index in [-0.39, 0.29) is 36.1 Å². The average Bonchev–Trinajstić information content (AvgIpc) is 2.67. The maximum absolute atomic E-state index is 15.0. The molecule has 2 aromatic carbocycles. The minimum absolute atomic E-state index is 0.0138. The van der Waals surface area contributed by atoms with Crippen LogP contribution in [0.25, 0.3) is 0 Å². The van der Waals surface area contributed by atoms with Crippen LogP contribution >= 0.6 is 23.2 Å². The highest BCUT2D eigenvalue weighted by Crippen LogP contribution is 2.46. The van der Waals surface area contributed by atoms with E-state index in [1.807, 2.05) is 0 Å². The van der Waals surface area contributed by atoms with E-state index >= 15 is 8.78 Å². The maximum Gasteiger partial charge on any atom is 0.312 e. The van der Waals surface area contributed by atoms with E-state index in [1.165, 1.54) is 24.3 Å². The van der Waals surface area contributed by atoms with Crippen LogP contribution in [0, 0.1) is 11.6 Å². The molecule has 0 amide bonds. The van der Waals surface area contributed by atoms with Crippen molar-refractivity contribution in [3.05, 3.63) is 59.2 Å². The number of benzene rings is 2. The monoisotopic (exact) mass is 486 g/mol. The Morgan fingerprint density at radius 3 is 1.38 bits per heavy atom. The molecule has 174 valence electrons. The number of carbonyl (C=O) groups is 2. The van der Waals surface area contributed by atoms with Gasteiger partial charge in [0.15, 0.2) is 0 Å². The van der Waals surface area contributed by atoms with E-state index in [4.69, 9.17) is 32.7 Å². The zero-order chi connectivity index (χ0) is 24.1. The second kappa shape index (κ2) is 10.6. The number of hydrogen-bond acceptors (Lipinski definition) is 4. The van der Waals surface area contributed by atoms with Gasteiger partial charge in [0.2, 0.25) is 0 Å². The zero-order valence-electron chi connectivity index (χ0n) is 18.4. The predicted molar refractivity (Wildman–Crippen MR) is 121 cm³/mol. The van der Waals surface area contributed by atoms with Crippen LogP contribution in [0.3, 0.4) is 0 Å². The van der Waals surface area contributed by atoms with Gasteiger partial charge < -0.3 is 9.47 Å². The first-order chi connectivity index (χ1) is 14.9. The number of rotatable bonds is 9. The zero-order valence-corrected chi connectivity index (χ0v) is 19.9. The van der Waals surface area contributed by atoms with Crippen molar-refractivity contribution in [2.24, 2.45) is 0 Å². The van der Waals surface area contributed by atoms with Gasteiger partial charge in [-0.1, -0.05) is 39.8 Å². The topological polar surface area (TPSA) is 52.6 Å². The molecule has 0 heterocycles. The molecule has 32 heavy (non-hydrogen) atoms. The number of ether oxygens (including phenoxy) is 2. The molecule has 0 aromatic heterocycles. The Hall–Kier alpha value is -2.18. The smallest absolute Gasteiger partial charge is 0.312 e. The Bertz CT molecular complexity index is 910. The summed E-state index contributed by atoms with van der Waals surface area (Å²) in [5, 5.41) is 0. The summed E-state index contributed by atoms with van der Waals surface area (Å²) in [6.07, 6.45) is 0.0276. The summed E-state index contributed by atoms with van der Waals surface area (Å²) >= 11 is 11.0. The third-order valence-electron chi connectivity index (χ3n) is 5.85. The summed E-state index contributed by atoms with van der Waals surface area (Å²) in [6.45, 7) is 7.22. The lowest BCUT2D eigenvalue weighted by molar-refractivity contribution is -0.134. The van der Waals surface area contributed by atoms with Crippen LogP contribution in [-0.4, -0.2) is 23.7 Å². The van der Waals surface area contributed by atoms with Gasteiger partial charge >= 0.3 is 11.9 Å². The normalized spacial score (nSPS) is 11.9. The quantitative estimate of drug-likeness (QED) is 0.237. The fraction of sp³-hybridized carbons (Fsp3) is 0.417. The van der Waals surface area contributed by atoms with Crippen LogP contribution < -0.4 is 9.47 Å². The van der Waals surface area contributed by atoms with Crippen molar-refractivity contribution in [3.63, 3.8) is 0 Å². The molecule has 0 unspecified atom stereocenters. The van der Waals surface area contributed by atoms with Crippen LogP contribution in [0.5, 0.6) is 11.5 Å². The lowest BCUT2D eigenvalue weighted by Gasteiger charge is -2.43. The molecule has 4 nitrogen and oxygen atoms in total. The molecule has 2 aromatic rings. The lowest BCUT2D eigenvalue weighted by atomic mass is 9.61. The molecule has 0 spiro atoms. The molecule has 0 radical (unpaired) electrons. The molecule has 0 aliphatic heterocycles. The largest absolute Gasteiger partial charge is 0.426 e. The Balaban J connectivity index is 2.34. The van der Waals surface area contributed by atoms with Crippen LogP contribution in [0.1, 0.15) is 51.7 Å². The molecular weight excluding hydrogens is 461 g/mol. The summed E-state index contributed by atoms with van der Waals surface area (Å²) in [5.41, 5.74) is -1.07. The van der Waals surface area contributed by atoms with E-state index in [0.717, 1.165) is 12.1 Å². The highest BCUT2D eigenvalue weighted by atomic mass is 35.5. The Labute approximate surface area is 196 Å². The van der Waals surface area contributed by atoms with Gasteiger partial charge in [0.25, 0.3) is 0 Å². The van der Waals surface area contributed by atoms with Gasteiger partial charge in [-0.2, -0.15) is 0 Å². The Morgan fingerprint density at radius 2 is 1.09 bits per heavy atom. The van der Waals surface area contributed by atoms with E-state index in [9.17, 15) is 9.59 Å². The average molecular weight is 487 g/mol. The molecule has 0 bridgehead atoms. The van der Waals surface area contributed by atoms with Crippen molar-refractivity contribution in [2.75, 3.05) is 11.8 Å². The molecule has 0 aliphatic rings. The van der Waals surface area contributed by atoms with Gasteiger partial charge in [0.1, 0.15) is 23.1 Å². The van der Waals surface area contributed by atoms with Crippen molar-refractivity contribution in [2.45, 2.75) is 51.4 Å². The Kier molecular flexibility index (Phi) is 8.66. The first-order valence-corrected chi connectivity index (χ1v) is 11.1. The van der Waals surface area contributed by atoms with Crippen LogP contribution in [-0.2, 0) is 20.4 Å². The van der Waals surface area contributed by atoms with E-state index in [2.05, 4.69) is 0 Å². The molecule has 0 saturated carbocycles. The Morgan fingerprint density at radius 1 is 0.750 bits per heavy atom. The third kappa shape index (κ3) is 5.78. The number of esters is 2. The first-order valence-electron chi connectivity index (χ1n) is 10.1. The van der Waals surface area contributed by atoms with Crippen molar-refractivity contribution in [3.8, 4) is 11.5 Å². The van der Waals surface area contributed by atoms with Gasteiger partial charge in [0, 0.05) is 34.7 Å². The summed E-state index contributed by atoms with van der Waals surface area (Å²) in [5.74, 6) is -1.90. The minimum atomic E-state index is -0.868. The van der Waals surface area contributed by atoms with Gasteiger partial charge in [-0.15, -0.1) is 23.2 Å². The van der Waals surface area contributed by atoms with Crippen molar-refractivity contribution >= 4 is 35.1 Å². The predicted octanol–water partition coefficient (Wildman–Crippen LogP) is 6.29. The van der Waals surface area contributed by atoms with E-state index in [0.29, 0.717) is 11.1 Å². The summed E-state index contributed by atoms with van der Waals surface area (Å²) < 4.78 is 40.2. The maximum atomic E-state index is 15.0. The second-order valence-corrected chi connectivity index (χ2v) is 9.12. The fourth-order valence-electron chi connectivity index (χ4n) is 3.32. The summed E-state index contributed by atoms with van der Waals surface area (Å²) in [6, 6.07) is 8.32. The van der Waals surface area contributed by atoms with Crippen LogP contribution in [0.4, 0.5) is 8.78 Å². The van der Waals surface area contributed by atoms with Gasteiger partial charge in [-0.25, -0.2) is 8.78 Å². The molecular formula is C24H26Cl2F2O4. The van der Waals surface area contributed by atoms with Crippen LogP contribution in [0.2, 0.25) is 0 Å². The molecule has 0 aliphatic carbocycles. The van der Waals surface area contributed by atoms with Crippen molar-refractivity contribution in [1.82, 2.24) is 0 Å². The number of halogens is 4. The van der Waals surface area contributed by atoms with E-state index in [1.54, 1.807) is 27.7 Å². The minimum Gasteiger partial charge on any atom is -0.426 e. The first kappa shape index (κ1) is 26.1. The number of hydrogen-bond donors (Lipinski definition) is 0. The number of alkyl halides is 2. The molecule has 0 atom stereocenters.